The van der Waals surface area contributed by atoms with Crippen molar-refractivity contribution < 1.29 is 4.79 Å². The van der Waals surface area contributed by atoms with Gasteiger partial charge in [-0.05, 0) is 18.2 Å². The number of thioether (sulfide) groups is 1. The fourth-order valence-electron chi connectivity index (χ4n) is 2.15. The van der Waals surface area contributed by atoms with Gasteiger partial charge in [-0.2, -0.15) is 0 Å². The van der Waals surface area contributed by atoms with Gasteiger partial charge in [-0.15, -0.1) is 17.0 Å². The molecule has 1 heterocycles. The van der Waals surface area contributed by atoms with Gasteiger partial charge in [0, 0.05) is 16.1 Å². The second-order valence-electron chi connectivity index (χ2n) is 4.75. The number of Topliss-reactive ketones (excluding diaryl/α,β-unsaturated/α-hetero) is 1. The number of nitrogens with zero attached hydrogens (tertiary/aromatic N) is 1. The average molecular weight is 365 g/mol. The molecule has 1 radical (unpaired) electrons. The van der Waals surface area contributed by atoms with Crippen molar-refractivity contribution in [3.05, 3.63) is 54.1 Å². The highest BCUT2D eigenvalue weighted by atomic mass is 79.9. The molecule has 3 rings (SSSR count). The second-order valence-corrected chi connectivity index (χ2v) is 6.10. The first-order valence-electron chi connectivity index (χ1n) is 6.24. The van der Waals surface area contributed by atoms with E-state index >= 15 is 0 Å². The third kappa shape index (κ3) is 3.40. The summed E-state index contributed by atoms with van der Waals surface area (Å²) in [6.45, 7) is 0. The topological polar surface area (TPSA) is 83.2 Å². The minimum atomic E-state index is -0.941. The van der Waals surface area contributed by atoms with Crippen LogP contribution in [-0.4, -0.2) is 10.8 Å². The van der Waals surface area contributed by atoms with Crippen LogP contribution in [0.1, 0.15) is 16.8 Å². The monoisotopic (exact) mass is 364 g/mol. The van der Waals surface area contributed by atoms with E-state index < -0.39 is 4.99 Å². The molecule has 0 amide bonds. The first-order chi connectivity index (χ1) is 9.56. The number of carbonyl (C=O) groups is 1. The summed E-state index contributed by atoms with van der Waals surface area (Å²) in [6, 6.07) is 14.6. The van der Waals surface area contributed by atoms with Gasteiger partial charge >= 0.3 is 0 Å². The lowest BCUT2D eigenvalue weighted by atomic mass is 10.1. The molecule has 1 aliphatic heterocycles. The molecule has 0 fully saturated rings. The van der Waals surface area contributed by atoms with E-state index in [2.05, 4.69) is 5.32 Å². The Morgan fingerprint density at radius 3 is 2.62 bits per heavy atom. The standard InChI is InChI=1S/C15H14N3OS.BrH/c16-11-6-7-12-14(8-11)20-15(17,18-12)9-13(19)10-4-2-1-3-5-10;/h1-8H,9,16-17H2;1H. The molecule has 6 heteroatoms. The summed E-state index contributed by atoms with van der Waals surface area (Å²) in [7, 11) is 0. The number of hydrogen-bond acceptors (Lipinski definition) is 4. The fraction of sp³-hybridized carbons (Fsp3) is 0.133. The van der Waals surface area contributed by atoms with Gasteiger partial charge in [0.05, 0.1) is 12.1 Å². The minimum Gasteiger partial charge on any atom is -0.399 e. The van der Waals surface area contributed by atoms with Crippen LogP contribution in [0.2, 0.25) is 0 Å². The summed E-state index contributed by atoms with van der Waals surface area (Å²) in [6.07, 6.45) is 0.163. The maximum Gasteiger partial charge on any atom is 0.167 e. The summed E-state index contributed by atoms with van der Waals surface area (Å²) in [5.41, 5.74) is 14.1. The highest BCUT2D eigenvalue weighted by Gasteiger charge is 2.38. The highest BCUT2D eigenvalue weighted by molar-refractivity contribution is 8.93. The summed E-state index contributed by atoms with van der Waals surface area (Å²) in [5.74, 6) is -0.00914. The number of halogens is 1. The largest absolute Gasteiger partial charge is 0.399 e. The fourth-order valence-corrected chi connectivity index (χ4v) is 3.30. The summed E-state index contributed by atoms with van der Waals surface area (Å²) in [4.78, 5) is 12.2. The molecule has 0 bridgehead atoms. The number of fused-ring (bicyclic) bond motifs is 1. The molecule has 4 nitrogen and oxygen atoms in total. The molecule has 2 aromatic rings. The van der Waals surface area contributed by atoms with Crippen molar-refractivity contribution >= 4 is 45.9 Å². The van der Waals surface area contributed by atoms with Crippen molar-refractivity contribution in [2.75, 3.05) is 5.73 Å². The smallest absolute Gasteiger partial charge is 0.167 e. The summed E-state index contributed by atoms with van der Waals surface area (Å²) >= 11 is 1.39. The van der Waals surface area contributed by atoms with Crippen molar-refractivity contribution in [1.82, 2.24) is 5.32 Å². The van der Waals surface area contributed by atoms with E-state index in [1.807, 2.05) is 30.3 Å². The molecule has 109 valence electrons. The zero-order chi connectivity index (χ0) is 14.2. The Kier molecular flexibility index (Phi) is 4.61. The van der Waals surface area contributed by atoms with Crippen LogP contribution in [0.5, 0.6) is 0 Å². The van der Waals surface area contributed by atoms with Crippen molar-refractivity contribution in [1.29, 1.82) is 0 Å². The SMILES string of the molecule is Br.Nc1ccc2c(c1)SC(N)(CC(=O)c1ccccc1)[N]2. The molecule has 0 saturated carbocycles. The van der Waals surface area contributed by atoms with Crippen LogP contribution in [0.3, 0.4) is 0 Å². The third-order valence-electron chi connectivity index (χ3n) is 3.09. The van der Waals surface area contributed by atoms with Crippen LogP contribution in [0.25, 0.3) is 0 Å². The zero-order valence-corrected chi connectivity index (χ0v) is 13.7. The van der Waals surface area contributed by atoms with E-state index in [1.54, 1.807) is 18.2 Å². The van der Waals surface area contributed by atoms with Crippen LogP contribution in [0, 0.1) is 0 Å². The predicted molar refractivity (Wildman–Crippen MR) is 91.1 cm³/mol. The van der Waals surface area contributed by atoms with E-state index in [9.17, 15) is 4.79 Å². The lowest BCUT2D eigenvalue weighted by molar-refractivity contribution is 0.0967. The van der Waals surface area contributed by atoms with Crippen LogP contribution < -0.4 is 16.8 Å². The van der Waals surface area contributed by atoms with E-state index in [1.165, 1.54) is 11.8 Å². The Morgan fingerprint density at radius 2 is 1.90 bits per heavy atom. The number of hydrogen-bond donors (Lipinski definition) is 2. The number of anilines is 1. The number of nitrogen functional groups attached to an aromatic ring is 1. The van der Waals surface area contributed by atoms with Gasteiger partial charge in [0.2, 0.25) is 0 Å². The average Bonchev–Trinajstić information content (AvgIpc) is 2.74. The molecule has 2 aromatic carbocycles. The summed E-state index contributed by atoms with van der Waals surface area (Å²) < 4.78 is 0. The van der Waals surface area contributed by atoms with Gasteiger partial charge in [0.15, 0.2) is 10.8 Å². The van der Waals surface area contributed by atoms with Gasteiger partial charge < -0.3 is 5.73 Å². The van der Waals surface area contributed by atoms with Crippen LogP contribution >= 0.6 is 28.7 Å². The lowest BCUT2D eigenvalue weighted by Gasteiger charge is -2.20. The first-order valence-corrected chi connectivity index (χ1v) is 7.06. The Hall–Kier alpha value is -1.50. The number of benzene rings is 2. The van der Waals surface area contributed by atoms with Crippen LogP contribution in [0.15, 0.2) is 53.4 Å². The molecule has 4 N–H and O–H groups in total. The normalized spacial score (nSPS) is 19.3. The lowest BCUT2D eigenvalue weighted by Crippen LogP contribution is -2.42. The molecular formula is C15H15BrN3OS. The van der Waals surface area contributed by atoms with E-state index in [-0.39, 0.29) is 29.2 Å². The molecule has 0 spiro atoms. The van der Waals surface area contributed by atoms with Crippen molar-refractivity contribution in [3.8, 4) is 0 Å². The molecule has 1 unspecified atom stereocenters. The number of rotatable bonds is 3. The van der Waals surface area contributed by atoms with Gasteiger partial charge in [-0.25, -0.2) is 0 Å². The van der Waals surface area contributed by atoms with Crippen LogP contribution in [-0.2, 0) is 0 Å². The number of nitrogens with two attached hydrogens (primary N) is 2. The van der Waals surface area contributed by atoms with Gasteiger partial charge in [0.25, 0.3) is 0 Å². The Labute approximate surface area is 138 Å². The Balaban J connectivity index is 0.00000161. The van der Waals surface area contributed by atoms with Gasteiger partial charge in [0.1, 0.15) is 0 Å². The summed E-state index contributed by atoms with van der Waals surface area (Å²) in [5, 5.41) is 4.45. The number of ketones is 1. The molecule has 0 aliphatic carbocycles. The highest BCUT2D eigenvalue weighted by Crippen LogP contribution is 2.45. The third-order valence-corrected chi connectivity index (χ3v) is 4.23. The van der Waals surface area contributed by atoms with Crippen LogP contribution in [0.4, 0.5) is 11.4 Å². The Morgan fingerprint density at radius 1 is 1.19 bits per heavy atom. The second kappa shape index (κ2) is 6.09. The molecule has 21 heavy (non-hydrogen) atoms. The Bertz CT molecular complexity index is 665. The van der Waals surface area contributed by atoms with Crippen molar-refractivity contribution in [2.24, 2.45) is 5.73 Å². The van der Waals surface area contributed by atoms with Gasteiger partial charge in [-0.3, -0.25) is 15.8 Å². The van der Waals surface area contributed by atoms with E-state index in [4.69, 9.17) is 11.5 Å². The van der Waals surface area contributed by atoms with E-state index in [0.717, 1.165) is 10.6 Å². The maximum atomic E-state index is 12.2. The van der Waals surface area contributed by atoms with E-state index in [0.29, 0.717) is 11.3 Å². The molecular weight excluding hydrogens is 350 g/mol. The molecule has 1 atom stereocenters. The zero-order valence-electron chi connectivity index (χ0n) is 11.2. The number of carbonyl (C=O) groups excluding carboxylic acids is 1. The van der Waals surface area contributed by atoms with Gasteiger partial charge in [-0.1, -0.05) is 42.1 Å². The first kappa shape index (κ1) is 15.9. The maximum absolute atomic E-state index is 12.2. The molecule has 0 saturated heterocycles. The minimum absolute atomic E-state index is 0. The predicted octanol–water partition coefficient (Wildman–Crippen LogP) is 3.07. The van der Waals surface area contributed by atoms with Crippen molar-refractivity contribution in [3.63, 3.8) is 0 Å². The quantitative estimate of drug-likeness (QED) is 0.647. The molecule has 1 aliphatic rings. The van der Waals surface area contributed by atoms with Crippen molar-refractivity contribution in [2.45, 2.75) is 16.3 Å². The molecule has 0 aromatic heterocycles.